The zero-order chi connectivity index (χ0) is 11.9. The average molecular weight is 209 g/mol. The molecule has 0 aliphatic rings. The van der Waals surface area contributed by atoms with Gasteiger partial charge >= 0.3 is 6.09 Å². The van der Waals surface area contributed by atoms with Crippen LogP contribution < -0.4 is 5.32 Å². The fourth-order valence-electron chi connectivity index (χ4n) is 0.785. The Labute approximate surface area is 91.5 Å². The van der Waals surface area contributed by atoms with E-state index in [0.717, 1.165) is 5.70 Å². The molecular formula is C12H19NO2. The number of hydrogen-bond donors (Lipinski definition) is 1. The molecule has 0 aliphatic carbocycles. The van der Waals surface area contributed by atoms with Crippen molar-refractivity contribution in [3.63, 3.8) is 0 Å². The minimum Gasteiger partial charge on any atom is -0.444 e. The summed E-state index contributed by atoms with van der Waals surface area (Å²) in [5.74, 6) is 0. The standard InChI is InChI=1S/C12H19NO2/c1-6-7-8-9-10(2)13-11(14)15-12(3,4)5/h6-9H,1H2,2-5H3,(H,13,14)/b8-7-,10-9+. The van der Waals surface area contributed by atoms with Gasteiger partial charge in [-0.05, 0) is 33.8 Å². The highest BCUT2D eigenvalue weighted by atomic mass is 16.6. The lowest BCUT2D eigenvalue weighted by molar-refractivity contribution is 0.0546. The number of alkyl carbamates (subject to hydrolysis) is 1. The van der Waals surface area contributed by atoms with Crippen molar-refractivity contribution in [3.05, 3.63) is 36.6 Å². The molecule has 1 amide bonds. The van der Waals surface area contributed by atoms with Gasteiger partial charge in [0.15, 0.2) is 0 Å². The summed E-state index contributed by atoms with van der Waals surface area (Å²) in [6.45, 7) is 10.8. The quantitative estimate of drug-likeness (QED) is 0.725. The van der Waals surface area contributed by atoms with Gasteiger partial charge in [0.1, 0.15) is 5.60 Å². The van der Waals surface area contributed by atoms with Gasteiger partial charge in [0.2, 0.25) is 0 Å². The van der Waals surface area contributed by atoms with Crippen LogP contribution in [0.2, 0.25) is 0 Å². The molecule has 0 saturated heterocycles. The molecule has 0 aliphatic heterocycles. The predicted octanol–water partition coefficient (Wildman–Crippen LogP) is 3.16. The Morgan fingerprint density at radius 2 is 1.93 bits per heavy atom. The first-order valence-electron chi connectivity index (χ1n) is 4.81. The van der Waals surface area contributed by atoms with E-state index in [4.69, 9.17) is 4.74 Å². The maximum atomic E-state index is 11.3. The van der Waals surface area contributed by atoms with Crippen molar-refractivity contribution in [3.8, 4) is 0 Å². The van der Waals surface area contributed by atoms with E-state index in [2.05, 4.69) is 11.9 Å². The molecule has 0 bridgehead atoms. The molecule has 1 N–H and O–H groups in total. The van der Waals surface area contributed by atoms with Crippen LogP contribution in [0, 0.1) is 0 Å². The van der Waals surface area contributed by atoms with E-state index in [9.17, 15) is 4.79 Å². The second-order valence-electron chi connectivity index (χ2n) is 4.10. The number of rotatable bonds is 3. The van der Waals surface area contributed by atoms with Crippen LogP contribution in [0.1, 0.15) is 27.7 Å². The van der Waals surface area contributed by atoms with Gasteiger partial charge in [0.05, 0.1) is 0 Å². The third-order valence-corrected chi connectivity index (χ3v) is 1.29. The van der Waals surface area contributed by atoms with Crippen LogP contribution in [0.3, 0.4) is 0 Å². The fourth-order valence-corrected chi connectivity index (χ4v) is 0.785. The zero-order valence-electron chi connectivity index (χ0n) is 9.83. The lowest BCUT2D eigenvalue weighted by atomic mass is 10.2. The van der Waals surface area contributed by atoms with Crippen molar-refractivity contribution < 1.29 is 9.53 Å². The number of amides is 1. The van der Waals surface area contributed by atoms with Gasteiger partial charge in [-0.2, -0.15) is 0 Å². The van der Waals surface area contributed by atoms with Crippen molar-refractivity contribution >= 4 is 6.09 Å². The van der Waals surface area contributed by atoms with Gasteiger partial charge in [-0.15, -0.1) is 0 Å². The Kier molecular flexibility index (Phi) is 5.45. The van der Waals surface area contributed by atoms with Crippen LogP contribution in [0.25, 0.3) is 0 Å². The first-order valence-corrected chi connectivity index (χ1v) is 4.81. The molecule has 0 aromatic heterocycles. The highest BCUT2D eigenvalue weighted by Gasteiger charge is 2.15. The van der Waals surface area contributed by atoms with E-state index in [0.29, 0.717) is 0 Å². The Bertz CT molecular complexity index is 282. The lowest BCUT2D eigenvalue weighted by Gasteiger charge is -2.19. The second kappa shape index (κ2) is 6.06. The number of carbonyl (C=O) groups excluding carboxylic acids is 1. The normalized spacial score (nSPS) is 12.7. The topological polar surface area (TPSA) is 38.3 Å². The Morgan fingerprint density at radius 1 is 1.33 bits per heavy atom. The predicted molar refractivity (Wildman–Crippen MR) is 62.5 cm³/mol. The highest BCUT2D eigenvalue weighted by Crippen LogP contribution is 2.06. The molecular weight excluding hydrogens is 190 g/mol. The number of allylic oxidation sites excluding steroid dienone is 5. The smallest absolute Gasteiger partial charge is 0.411 e. The zero-order valence-corrected chi connectivity index (χ0v) is 9.83. The number of hydrogen-bond acceptors (Lipinski definition) is 2. The third-order valence-electron chi connectivity index (χ3n) is 1.29. The molecule has 15 heavy (non-hydrogen) atoms. The summed E-state index contributed by atoms with van der Waals surface area (Å²) in [5.41, 5.74) is 0.253. The van der Waals surface area contributed by atoms with Gasteiger partial charge in [0.25, 0.3) is 0 Å². The van der Waals surface area contributed by atoms with Gasteiger partial charge in [-0.25, -0.2) is 4.79 Å². The molecule has 3 heteroatoms. The highest BCUT2D eigenvalue weighted by molar-refractivity contribution is 5.69. The summed E-state index contributed by atoms with van der Waals surface area (Å²) in [6, 6.07) is 0. The van der Waals surface area contributed by atoms with Crippen LogP contribution in [0.4, 0.5) is 4.79 Å². The van der Waals surface area contributed by atoms with Crippen LogP contribution in [-0.2, 0) is 4.74 Å². The van der Waals surface area contributed by atoms with Crippen LogP contribution in [0.5, 0.6) is 0 Å². The summed E-state index contributed by atoms with van der Waals surface area (Å²) in [5, 5.41) is 2.61. The lowest BCUT2D eigenvalue weighted by Crippen LogP contribution is -2.31. The monoisotopic (exact) mass is 209 g/mol. The van der Waals surface area contributed by atoms with Crippen molar-refractivity contribution in [2.24, 2.45) is 0 Å². The van der Waals surface area contributed by atoms with E-state index >= 15 is 0 Å². The molecule has 84 valence electrons. The van der Waals surface area contributed by atoms with Crippen molar-refractivity contribution in [2.45, 2.75) is 33.3 Å². The Balaban J connectivity index is 4.12. The van der Waals surface area contributed by atoms with Crippen molar-refractivity contribution in [1.82, 2.24) is 5.32 Å². The summed E-state index contributed by atoms with van der Waals surface area (Å²) in [7, 11) is 0. The Morgan fingerprint density at radius 3 is 2.40 bits per heavy atom. The van der Waals surface area contributed by atoms with Gasteiger partial charge in [-0.1, -0.05) is 24.8 Å². The van der Waals surface area contributed by atoms with E-state index < -0.39 is 11.7 Å². The van der Waals surface area contributed by atoms with Crippen LogP contribution in [0.15, 0.2) is 36.6 Å². The number of carbonyl (C=O) groups is 1. The van der Waals surface area contributed by atoms with Gasteiger partial charge < -0.3 is 4.74 Å². The van der Waals surface area contributed by atoms with Crippen LogP contribution >= 0.6 is 0 Å². The minimum atomic E-state index is -0.471. The van der Waals surface area contributed by atoms with E-state index in [1.165, 1.54) is 0 Å². The second-order valence-corrected chi connectivity index (χ2v) is 4.10. The Hall–Kier alpha value is -1.51. The number of ether oxygens (including phenoxy) is 1. The maximum Gasteiger partial charge on any atom is 0.411 e. The molecule has 0 spiro atoms. The van der Waals surface area contributed by atoms with Gasteiger partial charge in [0, 0.05) is 5.70 Å². The molecule has 0 aromatic rings. The maximum absolute atomic E-state index is 11.3. The van der Waals surface area contributed by atoms with E-state index in [1.54, 1.807) is 31.2 Å². The molecule has 0 unspecified atom stereocenters. The SMILES string of the molecule is C=C/C=C\C=C(/C)NC(=O)OC(C)(C)C. The van der Waals surface area contributed by atoms with E-state index in [-0.39, 0.29) is 0 Å². The molecule has 0 aromatic carbocycles. The molecule has 0 heterocycles. The van der Waals surface area contributed by atoms with Crippen molar-refractivity contribution in [1.29, 1.82) is 0 Å². The average Bonchev–Trinajstić information content (AvgIpc) is 2.00. The van der Waals surface area contributed by atoms with Gasteiger partial charge in [-0.3, -0.25) is 5.32 Å². The summed E-state index contributed by atoms with van der Waals surface area (Å²) < 4.78 is 5.08. The largest absolute Gasteiger partial charge is 0.444 e. The molecule has 0 radical (unpaired) electrons. The molecule has 0 rings (SSSR count). The fraction of sp³-hybridized carbons (Fsp3) is 0.417. The molecule has 0 fully saturated rings. The van der Waals surface area contributed by atoms with E-state index in [1.807, 2.05) is 20.8 Å². The van der Waals surface area contributed by atoms with Crippen molar-refractivity contribution in [2.75, 3.05) is 0 Å². The first kappa shape index (κ1) is 13.5. The molecule has 0 atom stereocenters. The third kappa shape index (κ3) is 8.81. The minimum absolute atomic E-state index is 0.441. The summed E-state index contributed by atoms with van der Waals surface area (Å²) in [6.07, 6.45) is 6.56. The van der Waals surface area contributed by atoms with Crippen LogP contribution in [-0.4, -0.2) is 11.7 Å². The molecule has 3 nitrogen and oxygen atoms in total. The molecule has 0 saturated carbocycles. The summed E-state index contributed by atoms with van der Waals surface area (Å²) in [4.78, 5) is 11.3. The number of nitrogens with one attached hydrogen (secondary N) is 1. The summed E-state index contributed by atoms with van der Waals surface area (Å²) >= 11 is 0. The first-order chi connectivity index (χ1) is 6.85.